The minimum atomic E-state index is -0.0182. The summed E-state index contributed by atoms with van der Waals surface area (Å²) >= 11 is 1.56. The maximum absolute atomic E-state index is 10.7. The summed E-state index contributed by atoms with van der Waals surface area (Å²) in [5.74, 6) is 0.716. The van der Waals surface area contributed by atoms with Gasteiger partial charge in [0.2, 0.25) is 5.91 Å². The van der Waals surface area contributed by atoms with Gasteiger partial charge in [0.1, 0.15) is 17.4 Å². The van der Waals surface area contributed by atoms with Gasteiger partial charge in [-0.2, -0.15) is 0 Å². The average molecular weight is 277 g/mol. The smallest absolute Gasteiger partial charge is 0.216 e. The van der Waals surface area contributed by atoms with E-state index >= 15 is 0 Å². The Morgan fingerprint density at radius 3 is 3.16 bits per heavy atom. The zero-order valence-electron chi connectivity index (χ0n) is 10.6. The van der Waals surface area contributed by atoms with E-state index in [1.54, 1.807) is 23.7 Å². The van der Waals surface area contributed by atoms with Crippen LogP contribution in [0.5, 0.6) is 5.75 Å². The zero-order chi connectivity index (χ0) is 13.5. The molecule has 6 heteroatoms. The van der Waals surface area contributed by atoms with Gasteiger partial charge in [0.05, 0.1) is 11.9 Å². The van der Waals surface area contributed by atoms with Crippen LogP contribution >= 0.6 is 11.3 Å². The third-order valence-corrected chi connectivity index (χ3v) is 3.22. The lowest BCUT2D eigenvalue weighted by atomic mass is 10.3. The number of thiazole rings is 1. The molecule has 0 aromatic carbocycles. The topological polar surface area (TPSA) is 64.1 Å². The quantitative estimate of drug-likeness (QED) is 0.874. The molecule has 19 heavy (non-hydrogen) atoms. The number of nitrogens with one attached hydrogen (secondary N) is 1. The van der Waals surface area contributed by atoms with Crippen LogP contribution in [0, 0.1) is 0 Å². The molecule has 1 amide bonds. The highest BCUT2D eigenvalue weighted by atomic mass is 32.1. The molecular formula is C13H15N3O2S. The number of carbonyl (C=O) groups excluding carboxylic acids is 1. The molecule has 2 heterocycles. The van der Waals surface area contributed by atoms with E-state index in [9.17, 15) is 4.79 Å². The molecule has 2 rings (SSSR count). The van der Waals surface area contributed by atoms with E-state index in [1.165, 1.54) is 6.92 Å². The summed E-state index contributed by atoms with van der Waals surface area (Å²) in [5.41, 5.74) is 0.975. The van der Waals surface area contributed by atoms with Crippen LogP contribution in [0.15, 0.2) is 29.9 Å². The molecule has 2 aromatic rings. The lowest BCUT2D eigenvalue weighted by molar-refractivity contribution is -0.118. The molecule has 0 atom stereocenters. The fraction of sp³-hybridized carbons (Fsp3) is 0.308. The van der Waals surface area contributed by atoms with Crippen molar-refractivity contribution in [1.82, 2.24) is 15.3 Å². The van der Waals surface area contributed by atoms with Gasteiger partial charge in [-0.1, -0.05) is 0 Å². The van der Waals surface area contributed by atoms with Gasteiger partial charge in [0.15, 0.2) is 0 Å². The summed E-state index contributed by atoms with van der Waals surface area (Å²) in [5, 5.41) is 5.66. The van der Waals surface area contributed by atoms with Gasteiger partial charge >= 0.3 is 0 Å². The van der Waals surface area contributed by atoms with Crippen LogP contribution in [0.25, 0.3) is 0 Å². The van der Waals surface area contributed by atoms with E-state index in [2.05, 4.69) is 15.3 Å². The monoisotopic (exact) mass is 277 g/mol. The van der Waals surface area contributed by atoms with Crippen molar-refractivity contribution in [3.63, 3.8) is 0 Å². The molecule has 100 valence electrons. The largest absolute Gasteiger partial charge is 0.485 e. The summed E-state index contributed by atoms with van der Waals surface area (Å²) in [6.45, 7) is 2.56. The molecule has 0 unspecified atom stereocenters. The summed E-state index contributed by atoms with van der Waals surface area (Å²) in [6.07, 6.45) is 4.12. The SMILES string of the molecule is CC(=O)NCCc1csc(COc2cccnc2)n1. The Labute approximate surface area is 115 Å². The number of hydrogen-bond acceptors (Lipinski definition) is 5. The van der Waals surface area contributed by atoms with Crippen LogP contribution in [0.1, 0.15) is 17.6 Å². The molecule has 0 aliphatic heterocycles. The molecule has 0 radical (unpaired) electrons. The maximum Gasteiger partial charge on any atom is 0.216 e. The normalized spacial score (nSPS) is 10.2. The molecular weight excluding hydrogens is 262 g/mol. The van der Waals surface area contributed by atoms with E-state index in [0.717, 1.165) is 22.9 Å². The summed E-state index contributed by atoms with van der Waals surface area (Å²) in [7, 11) is 0. The molecule has 0 fully saturated rings. The number of pyridine rings is 1. The summed E-state index contributed by atoms with van der Waals surface area (Å²) in [4.78, 5) is 19.2. The Hall–Kier alpha value is -1.95. The lowest BCUT2D eigenvalue weighted by Gasteiger charge is -2.02. The number of amides is 1. The number of hydrogen-bond donors (Lipinski definition) is 1. The van der Waals surface area contributed by atoms with Gasteiger partial charge in [0.25, 0.3) is 0 Å². The van der Waals surface area contributed by atoms with Gasteiger partial charge in [0, 0.05) is 31.5 Å². The molecule has 1 N–H and O–H groups in total. The number of ether oxygens (including phenoxy) is 1. The molecule has 0 saturated heterocycles. The number of rotatable bonds is 6. The van der Waals surface area contributed by atoms with Crippen molar-refractivity contribution in [3.8, 4) is 5.75 Å². The second kappa shape index (κ2) is 6.84. The van der Waals surface area contributed by atoms with Crippen molar-refractivity contribution < 1.29 is 9.53 Å². The van der Waals surface area contributed by atoms with Gasteiger partial charge in [-0.15, -0.1) is 11.3 Å². The Bertz CT molecular complexity index is 528. The summed E-state index contributed by atoms with van der Waals surface area (Å²) < 4.78 is 5.56. The molecule has 0 aliphatic carbocycles. The number of carbonyl (C=O) groups is 1. The first-order chi connectivity index (χ1) is 9.24. The number of nitrogens with zero attached hydrogens (tertiary/aromatic N) is 2. The highest BCUT2D eigenvalue weighted by Gasteiger charge is 2.03. The second-order valence-corrected chi connectivity index (χ2v) is 4.89. The highest BCUT2D eigenvalue weighted by Crippen LogP contribution is 2.14. The van der Waals surface area contributed by atoms with Gasteiger partial charge in [-0.3, -0.25) is 9.78 Å². The van der Waals surface area contributed by atoms with Crippen molar-refractivity contribution in [2.24, 2.45) is 0 Å². The van der Waals surface area contributed by atoms with E-state index in [0.29, 0.717) is 13.2 Å². The molecule has 0 bridgehead atoms. The highest BCUT2D eigenvalue weighted by molar-refractivity contribution is 7.09. The minimum Gasteiger partial charge on any atom is -0.485 e. The summed E-state index contributed by atoms with van der Waals surface area (Å²) in [6, 6.07) is 3.69. The molecule has 0 aliphatic rings. The van der Waals surface area contributed by atoms with E-state index < -0.39 is 0 Å². The minimum absolute atomic E-state index is 0.0182. The van der Waals surface area contributed by atoms with E-state index in [1.807, 2.05) is 17.5 Å². The fourth-order valence-electron chi connectivity index (χ4n) is 1.47. The van der Waals surface area contributed by atoms with E-state index in [-0.39, 0.29) is 5.91 Å². The van der Waals surface area contributed by atoms with Crippen molar-refractivity contribution in [2.75, 3.05) is 6.54 Å². The Morgan fingerprint density at radius 2 is 2.42 bits per heavy atom. The third kappa shape index (κ3) is 4.67. The van der Waals surface area contributed by atoms with Gasteiger partial charge < -0.3 is 10.1 Å². The van der Waals surface area contributed by atoms with Crippen molar-refractivity contribution >= 4 is 17.2 Å². The first-order valence-electron chi connectivity index (χ1n) is 5.94. The predicted octanol–water partition coefficient (Wildman–Crippen LogP) is 1.80. The maximum atomic E-state index is 10.7. The van der Waals surface area contributed by atoms with Crippen LogP contribution in [0.4, 0.5) is 0 Å². The molecule has 0 saturated carbocycles. The van der Waals surface area contributed by atoms with E-state index in [4.69, 9.17) is 4.74 Å². The van der Waals surface area contributed by atoms with Crippen molar-refractivity contribution in [3.05, 3.63) is 40.6 Å². The van der Waals surface area contributed by atoms with Crippen molar-refractivity contribution in [1.29, 1.82) is 0 Å². The fourth-order valence-corrected chi connectivity index (χ4v) is 2.21. The standard InChI is InChI=1S/C13H15N3O2S/c1-10(17)15-6-4-11-9-19-13(16-11)8-18-12-3-2-5-14-7-12/h2-3,5,7,9H,4,6,8H2,1H3,(H,15,17). The van der Waals surface area contributed by atoms with Gasteiger partial charge in [-0.25, -0.2) is 4.98 Å². The Kier molecular flexibility index (Phi) is 4.85. The predicted molar refractivity (Wildman–Crippen MR) is 73.1 cm³/mol. The van der Waals surface area contributed by atoms with Crippen LogP contribution in [-0.4, -0.2) is 22.4 Å². The van der Waals surface area contributed by atoms with Crippen LogP contribution < -0.4 is 10.1 Å². The van der Waals surface area contributed by atoms with Crippen LogP contribution in [-0.2, 0) is 17.8 Å². The van der Waals surface area contributed by atoms with Crippen LogP contribution in [0.2, 0.25) is 0 Å². The first-order valence-corrected chi connectivity index (χ1v) is 6.82. The first kappa shape index (κ1) is 13.5. The molecule has 0 spiro atoms. The Balaban J connectivity index is 1.79. The van der Waals surface area contributed by atoms with Gasteiger partial charge in [-0.05, 0) is 12.1 Å². The molecule has 2 aromatic heterocycles. The second-order valence-electron chi connectivity index (χ2n) is 3.94. The average Bonchev–Trinajstić information content (AvgIpc) is 2.85. The molecule has 5 nitrogen and oxygen atoms in total. The van der Waals surface area contributed by atoms with Crippen LogP contribution in [0.3, 0.4) is 0 Å². The number of aromatic nitrogens is 2. The lowest BCUT2D eigenvalue weighted by Crippen LogP contribution is -2.22. The Morgan fingerprint density at radius 1 is 1.53 bits per heavy atom. The zero-order valence-corrected chi connectivity index (χ0v) is 11.4. The third-order valence-electron chi connectivity index (χ3n) is 2.35. The van der Waals surface area contributed by atoms with Crippen molar-refractivity contribution in [2.45, 2.75) is 20.0 Å².